The molecule has 1 heterocycles. The Morgan fingerprint density at radius 2 is 2.00 bits per heavy atom. The van der Waals surface area contributed by atoms with E-state index in [1.165, 1.54) is 19.1 Å². The third-order valence-corrected chi connectivity index (χ3v) is 4.02. The van der Waals surface area contributed by atoms with Gasteiger partial charge in [-0.25, -0.2) is 0 Å². The van der Waals surface area contributed by atoms with Gasteiger partial charge in [0.1, 0.15) is 6.54 Å². The molecule has 1 unspecified atom stereocenters. The Hall–Kier alpha value is -2.94. The van der Waals surface area contributed by atoms with Crippen LogP contribution in [-0.2, 0) is 14.3 Å². The lowest BCUT2D eigenvalue weighted by atomic mass is 10.1. The Kier molecular flexibility index (Phi) is 6.29. The lowest BCUT2D eigenvalue weighted by molar-refractivity contribution is -0.145. The molecule has 9 nitrogen and oxygen atoms in total. The molecule has 1 saturated heterocycles. The average Bonchev–Trinajstić information content (AvgIpc) is 2.60. The van der Waals surface area contributed by atoms with Gasteiger partial charge in [0, 0.05) is 37.7 Å². The standard InChI is InChI=1S/C17H21N3O6/c1-11(21)20(10-15(22)23)9-14-8-19(5-6-26-14)17(25)13-4-2-3-12(7-13)16(18)24/h2-4,7,14H,5-6,8-10H2,1H3,(H2,18,24)(H,22,23). The van der Waals surface area contributed by atoms with Crippen LogP contribution in [-0.4, -0.2) is 77.5 Å². The summed E-state index contributed by atoms with van der Waals surface area (Å²) in [5.74, 6) is -2.40. The van der Waals surface area contributed by atoms with E-state index in [1.54, 1.807) is 17.0 Å². The Balaban J connectivity index is 2.06. The largest absolute Gasteiger partial charge is 0.480 e. The maximum absolute atomic E-state index is 12.7. The molecule has 1 aromatic rings. The van der Waals surface area contributed by atoms with E-state index >= 15 is 0 Å². The molecule has 0 bridgehead atoms. The smallest absolute Gasteiger partial charge is 0.323 e. The second-order valence-corrected chi connectivity index (χ2v) is 5.98. The number of carbonyl (C=O) groups excluding carboxylic acids is 3. The van der Waals surface area contributed by atoms with Gasteiger partial charge in [0.05, 0.1) is 12.7 Å². The van der Waals surface area contributed by atoms with Gasteiger partial charge in [0.15, 0.2) is 0 Å². The van der Waals surface area contributed by atoms with Gasteiger partial charge in [-0.05, 0) is 18.2 Å². The molecule has 1 atom stereocenters. The van der Waals surface area contributed by atoms with Crippen LogP contribution in [0.5, 0.6) is 0 Å². The molecule has 1 aliphatic rings. The van der Waals surface area contributed by atoms with Gasteiger partial charge in [-0.3, -0.25) is 19.2 Å². The van der Waals surface area contributed by atoms with E-state index in [-0.39, 0.29) is 37.1 Å². The summed E-state index contributed by atoms with van der Waals surface area (Å²) in [7, 11) is 0. The Morgan fingerprint density at radius 3 is 2.62 bits per heavy atom. The summed E-state index contributed by atoms with van der Waals surface area (Å²) in [5.41, 5.74) is 5.81. The maximum Gasteiger partial charge on any atom is 0.323 e. The van der Waals surface area contributed by atoms with Crippen LogP contribution < -0.4 is 5.73 Å². The number of nitrogens with two attached hydrogens (primary N) is 1. The fourth-order valence-corrected chi connectivity index (χ4v) is 2.72. The zero-order chi connectivity index (χ0) is 19.3. The number of amides is 3. The topological polar surface area (TPSA) is 130 Å². The zero-order valence-corrected chi connectivity index (χ0v) is 14.4. The quantitative estimate of drug-likeness (QED) is 0.705. The monoisotopic (exact) mass is 363 g/mol. The van der Waals surface area contributed by atoms with Crippen molar-refractivity contribution in [3.8, 4) is 0 Å². The molecule has 1 fully saturated rings. The predicted octanol–water partition coefficient (Wildman–Crippen LogP) is -0.440. The third-order valence-electron chi connectivity index (χ3n) is 4.02. The van der Waals surface area contributed by atoms with Crippen molar-refractivity contribution < 1.29 is 29.0 Å². The lowest BCUT2D eigenvalue weighted by Crippen LogP contribution is -2.51. The summed E-state index contributed by atoms with van der Waals surface area (Å²) in [6.07, 6.45) is -0.490. The molecule has 0 spiro atoms. The molecule has 9 heteroatoms. The predicted molar refractivity (Wildman–Crippen MR) is 90.5 cm³/mol. The van der Waals surface area contributed by atoms with Crippen molar-refractivity contribution in [1.82, 2.24) is 9.80 Å². The van der Waals surface area contributed by atoms with E-state index in [0.29, 0.717) is 12.1 Å². The summed E-state index contributed by atoms with van der Waals surface area (Å²) >= 11 is 0. The van der Waals surface area contributed by atoms with Gasteiger partial charge in [0.25, 0.3) is 5.91 Å². The number of carboxylic acid groups (broad SMARTS) is 1. The first kappa shape index (κ1) is 19.4. The fourth-order valence-electron chi connectivity index (χ4n) is 2.72. The van der Waals surface area contributed by atoms with Gasteiger partial charge < -0.3 is 25.4 Å². The normalized spacial score (nSPS) is 16.8. The first-order chi connectivity index (χ1) is 12.3. The van der Waals surface area contributed by atoms with Gasteiger partial charge >= 0.3 is 5.97 Å². The van der Waals surface area contributed by atoms with Gasteiger partial charge in [0.2, 0.25) is 11.8 Å². The van der Waals surface area contributed by atoms with E-state index in [0.717, 1.165) is 4.90 Å². The number of primary amides is 1. The van der Waals surface area contributed by atoms with Gasteiger partial charge in [-0.2, -0.15) is 0 Å². The first-order valence-electron chi connectivity index (χ1n) is 8.06. The molecular weight excluding hydrogens is 342 g/mol. The summed E-state index contributed by atoms with van der Waals surface area (Å²) in [6, 6.07) is 6.13. The molecule has 0 aliphatic carbocycles. The second kappa shape index (κ2) is 8.43. The molecule has 0 radical (unpaired) electrons. The molecule has 1 aromatic carbocycles. The molecular formula is C17H21N3O6. The van der Waals surface area contributed by atoms with E-state index in [2.05, 4.69) is 0 Å². The number of carbonyl (C=O) groups is 4. The highest BCUT2D eigenvalue weighted by Crippen LogP contribution is 2.13. The molecule has 0 aromatic heterocycles. The highest BCUT2D eigenvalue weighted by molar-refractivity contribution is 5.99. The van der Waals surface area contributed by atoms with E-state index in [1.807, 2.05) is 0 Å². The van der Waals surface area contributed by atoms with Crippen molar-refractivity contribution in [1.29, 1.82) is 0 Å². The van der Waals surface area contributed by atoms with Crippen molar-refractivity contribution in [3.05, 3.63) is 35.4 Å². The van der Waals surface area contributed by atoms with Crippen LogP contribution in [0.15, 0.2) is 24.3 Å². The molecule has 0 saturated carbocycles. The van der Waals surface area contributed by atoms with E-state index in [9.17, 15) is 19.2 Å². The first-order valence-corrected chi connectivity index (χ1v) is 8.06. The number of nitrogens with zero attached hydrogens (tertiary/aromatic N) is 2. The van der Waals surface area contributed by atoms with Crippen molar-refractivity contribution >= 4 is 23.7 Å². The van der Waals surface area contributed by atoms with E-state index < -0.39 is 24.5 Å². The third kappa shape index (κ3) is 5.03. The summed E-state index contributed by atoms with van der Waals surface area (Å²) in [6.45, 7) is 1.77. The van der Waals surface area contributed by atoms with Crippen LogP contribution in [0.2, 0.25) is 0 Å². The molecule has 3 amide bonds. The summed E-state index contributed by atoms with van der Waals surface area (Å²) in [4.78, 5) is 49.1. The Morgan fingerprint density at radius 1 is 1.31 bits per heavy atom. The Labute approximate surface area is 150 Å². The van der Waals surface area contributed by atoms with Gasteiger partial charge in [-0.1, -0.05) is 6.07 Å². The van der Waals surface area contributed by atoms with Crippen molar-refractivity contribution in [2.45, 2.75) is 13.0 Å². The number of benzene rings is 1. The van der Waals surface area contributed by atoms with Crippen LogP contribution in [0, 0.1) is 0 Å². The Bertz CT molecular complexity index is 720. The van der Waals surface area contributed by atoms with Crippen LogP contribution in [0.25, 0.3) is 0 Å². The van der Waals surface area contributed by atoms with Gasteiger partial charge in [-0.15, -0.1) is 0 Å². The summed E-state index contributed by atoms with van der Waals surface area (Å²) in [5, 5.41) is 8.88. The summed E-state index contributed by atoms with van der Waals surface area (Å²) < 4.78 is 5.56. The highest BCUT2D eigenvalue weighted by Gasteiger charge is 2.28. The molecule has 140 valence electrons. The number of hydrogen-bond donors (Lipinski definition) is 2. The number of hydrogen-bond acceptors (Lipinski definition) is 5. The average molecular weight is 363 g/mol. The minimum atomic E-state index is -1.12. The van der Waals surface area contributed by atoms with Crippen molar-refractivity contribution in [2.24, 2.45) is 5.73 Å². The SMILES string of the molecule is CC(=O)N(CC(=O)O)CC1CN(C(=O)c2cccc(C(N)=O)c2)CCO1. The molecule has 2 rings (SSSR count). The zero-order valence-electron chi connectivity index (χ0n) is 14.4. The van der Waals surface area contributed by atoms with Crippen LogP contribution in [0.3, 0.4) is 0 Å². The molecule has 1 aliphatic heterocycles. The van der Waals surface area contributed by atoms with Crippen LogP contribution in [0.1, 0.15) is 27.6 Å². The molecule has 3 N–H and O–H groups in total. The fraction of sp³-hybridized carbons (Fsp3) is 0.412. The minimum Gasteiger partial charge on any atom is -0.480 e. The molecule has 26 heavy (non-hydrogen) atoms. The lowest BCUT2D eigenvalue weighted by Gasteiger charge is -2.35. The van der Waals surface area contributed by atoms with Crippen molar-refractivity contribution in [2.75, 3.05) is 32.8 Å². The minimum absolute atomic E-state index is 0.0761. The van der Waals surface area contributed by atoms with E-state index in [4.69, 9.17) is 15.6 Å². The maximum atomic E-state index is 12.7. The van der Waals surface area contributed by atoms with Crippen LogP contribution in [0.4, 0.5) is 0 Å². The number of ether oxygens (including phenoxy) is 1. The number of aliphatic carboxylic acids is 1. The second-order valence-electron chi connectivity index (χ2n) is 5.98. The number of morpholine rings is 1. The number of carboxylic acids is 1. The van der Waals surface area contributed by atoms with Crippen LogP contribution >= 0.6 is 0 Å². The highest BCUT2D eigenvalue weighted by atomic mass is 16.5. The van der Waals surface area contributed by atoms with Crippen molar-refractivity contribution in [3.63, 3.8) is 0 Å². The number of rotatable bonds is 6.